The van der Waals surface area contributed by atoms with Gasteiger partial charge in [0.1, 0.15) is 16.5 Å². The SMILES string of the molecule is Cc1ccc(NC(=O)CNC(=O)c2csc(-c3ccc(OC(C)C)cc3)n2)c(Cl)c1. The molecule has 156 valence electrons. The van der Waals surface area contributed by atoms with Crippen molar-refractivity contribution >= 4 is 40.4 Å². The second kappa shape index (κ2) is 9.73. The maximum atomic E-state index is 12.3. The summed E-state index contributed by atoms with van der Waals surface area (Å²) in [5, 5.41) is 8.08. The average molecular weight is 444 g/mol. The zero-order chi connectivity index (χ0) is 21.7. The van der Waals surface area contributed by atoms with Crippen molar-refractivity contribution in [2.45, 2.75) is 26.9 Å². The van der Waals surface area contributed by atoms with Crippen LogP contribution in [0.25, 0.3) is 10.6 Å². The van der Waals surface area contributed by atoms with Gasteiger partial charge in [-0.3, -0.25) is 9.59 Å². The highest BCUT2D eigenvalue weighted by Gasteiger charge is 2.14. The summed E-state index contributed by atoms with van der Waals surface area (Å²) in [5.41, 5.74) is 2.65. The minimum atomic E-state index is -0.414. The van der Waals surface area contributed by atoms with Gasteiger partial charge in [-0.05, 0) is 62.7 Å². The van der Waals surface area contributed by atoms with Crippen LogP contribution in [-0.2, 0) is 4.79 Å². The van der Waals surface area contributed by atoms with Crippen LogP contribution in [0.3, 0.4) is 0 Å². The zero-order valence-corrected chi connectivity index (χ0v) is 18.4. The van der Waals surface area contributed by atoms with Gasteiger partial charge >= 0.3 is 0 Å². The normalized spacial score (nSPS) is 10.7. The number of nitrogens with zero attached hydrogens (tertiary/aromatic N) is 1. The highest BCUT2D eigenvalue weighted by atomic mass is 35.5. The third kappa shape index (κ3) is 5.81. The van der Waals surface area contributed by atoms with Gasteiger partial charge in [0.15, 0.2) is 0 Å². The van der Waals surface area contributed by atoms with E-state index < -0.39 is 5.91 Å². The third-order valence-corrected chi connectivity index (χ3v) is 5.22. The van der Waals surface area contributed by atoms with Crippen LogP contribution >= 0.6 is 22.9 Å². The first kappa shape index (κ1) is 21.8. The molecule has 0 saturated carbocycles. The maximum absolute atomic E-state index is 12.3. The molecule has 1 aromatic heterocycles. The number of carbonyl (C=O) groups is 2. The van der Waals surface area contributed by atoms with Crippen molar-refractivity contribution in [3.05, 3.63) is 64.1 Å². The summed E-state index contributed by atoms with van der Waals surface area (Å²) < 4.78 is 5.63. The first-order valence-corrected chi connectivity index (χ1v) is 10.6. The van der Waals surface area contributed by atoms with Crippen LogP contribution in [0.2, 0.25) is 5.02 Å². The number of halogens is 1. The standard InChI is InChI=1S/C22H22ClN3O3S/c1-13(2)29-16-7-5-15(6-8-16)22-26-19(12-30-22)21(28)24-11-20(27)25-18-9-4-14(3)10-17(18)23/h4-10,12-13H,11H2,1-3H3,(H,24,28)(H,25,27). The molecule has 0 unspecified atom stereocenters. The van der Waals surface area contributed by atoms with E-state index in [0.717, 1.165) is 16.9 Å². The fraction of sp³-hybridized carbons (Fsp3) is 0.227. The lowest BCUT2D eigenvalue weighted by atomic mass is 10.2. The molecule has 6 nitrogen and oxygen atoms in total. The number of amides is 2. The van der Waals surface area contributed by atoms with Gasteiger partial charge < -0.3 is 15.4 Å². The Kier molecular flexibility index (Phi) is 7.07. The molecule has 0 spiro atoms. The van der Waals surface area contributed by atoms with E-state index in [1.54, 1.807) is 17.5 Å². The fourth-order valence-corrected chi connectivity index (χ4v) is 3.71. The Balaban J connectivity index is 1.56. The quantitative estimate of drug-likeness (QED) is 0.542. The van der Waals surface area contributed by atoms with Crippen molar-refractivity contribution in [1.82, 2.24) is 10.3 Å². The zero-order valence-electron chi connectivity index (χ0n) is 16.9. The van der Waals surface area contributed by atoms with Gasteiger partial charge in [-0.15, -0.1) is 11.3 Å². The van der Waals surface area contributed by atoms with E-state index in [9.17, 15) is 9.59 Å². The van der Waals surface area contributed by atoms with Gasteiger partial charge in [-0.25, -0.2) is 4.98 Å². The molecule has 0 bridgehead atoms. The highest BCUT2D eigenvalue weighted by Crippen LogP contribution is 2.26. The summed E-state index contributed by atoms with van der Waals surface area (Å²) in [6.45, 7) is 5.66. The molecule has 0 aliphatic carbocycles. The van der Waals surface area contributed by atoms with E-state index in [-0.39, 0.29) is 24.2 Å². The lowest BCUT2D eigenvalue weighted by Crippen LogP contribution is -2.33. The number of ether oxygens (including phenoxy) is 1. The molecule has 2 amide bonds. The molecule has 3 rings (SSSR count). The molecule has 0 radical (unpaired) electrons. The second-order valence-electron chi connectivity index (χ2n) is 6.94. The average Bonchev–Trinajstić information content (AvgIpc) is 3.19. The van der Waals surface area contributed by atoms with Crippen LogP contribution in [-0.4, -0.2) is 29.4 Å². The first-order chi connectivity index (χ1) is 14.3. The lowest BCUT2D eigenvalue weighted by molar-refractivity contribution is -0.115. The van der Waals surface area contributed by atoms with Gasteiger partial charge in [0.05, 0.1) is 23.4 Å². The maximum Gasteiger partial charge on any atom is 0.271 e. The van der Waals surface area contributed by atoms with Crippen LogP contribution in [0, 0.1) is 6.92 Å². The topological polar surface area (TPSA) is 80.3 Å². The largest absolute Gasteiger partial charge is 0.491 e. The summed E-state index contributed by atoms with van der Waals surface area (Å²) >= 11 is 7.47. The Morgan fingerprint density at radius 1 is 1.17 bits per heavy atom. The number of anilines is 1. The summed E-state index contributed by atoms with van der Waals surface area (Å²) in [5.74, 6) is -0.00400. The third-order valence-electron chi connectivity index (χ3n) is 4.02. The first-order valence-electron chi connectivity index (χ1n) is 9.38. The van der Waals surface area contributed by atoms with Crippen LogP contribution in [0.4, 0.5) is 5.69 Å². The van der Waals surface area contributed by atoms with Gasteiger partial charge in [0.25, 0.3) is 5.91 Å². The van der Waals surface area contributed by atoms with Gasteiger partial charge in [-0.2, -0.15) is 0 Å². The number of hydrogen-bond donors (Lipinski definition) is 2. The molecule has 0 fully saturated rings. The van der Waals surface area contributed by atoms with E-state index in [1.165, 1.54) is 11.3 Å². The van der Waals surface area contributed by atoms with Crippen LogP contribution in [0.5, 0.6) is 5.75 Å². The van der Waals surface area contributed by atoms with E-state index >= 15 is 0 Å². The van der Waals surface area contributed by atoms with Crippen molar-refractivity contribution in [3.63, 3.8) is 0 Å². The van der Waals surface area contributed by atoms with Crippen molar-refractivity contribution in [2.75, 3.05) is 11.9 Å². The van der Waals surface area contributed by atoms with Gasteiger partial charge in [-0.1, -0.05) is 17.7 Å². The van der Waals surface area contributed by atoms with Crippen molar-refractivity contribution in [1.29, 1.82) is 0 Å². The molecular formula is C22H22ClN3O3S. The van der Waals surface area contributed by atoms with E-state index in [0.29, 0.717) is 15.7 Å². The van der Waals surface area contributed by atoms with Gasteiger partial charge in [0, 0.05) is 10.9 Å². The van der Waals surface area contributed by atoms with Crippen LogP contribution in [0.15, 0.2) is 47.8 Å². The summed E-state index contributed by atoms with van der Waals surface area (Å²) in [4.78, 5) is 28.8. The Morgan fingerprint density at radius 3 is 2.57 bits per heavy atom. The minimum absolute atomic E-state index is 0.102. The fourth-order valence-electron chi connectivity index (χ4n) is 2.63. The van der Waals surface area contributed by atoms with Gasteiger partial charge in [0.2, 0.25) is 5.91 Å². The number of thiazole rings is 1. The predicted octanol–water partition coefficient (Wildman–Crippen LogP) is 4.93. The number of hydrogen-bond acceptors (Lipinski definition) is 5. The number of aromatic nitrogens is 1. The molecule has 1 heterocycles. The summed E-state index contributed by atoms with van der Waals surface area (Å²) in [7, 11) is 0. The van der Waals surface area contributed by atoms with Crippen LogP contribution in [0.1, 0.15) is 29.9 Å². The predicted molar refractivity (Wildman–Crippen MR) is 120 cm³/mol. The Bertz CT molecular complexity index is 1050. The molecule has 2 N–H and O–H groups in total. The molecule has 8 heteroatoms. The number of benzene rings is 2. The van der Waals surface area contributed by atoms with E-state index in [1.807, 2.05) is 51.1 Å². The molecule has 0 atom stereocenters. The second-order valence-corrected chi connectivity index (χ2v) is 8.21. The van der Waals surface area contributed by atoms with E-state index in [4.69, 9.17) is 16.3 Å². The molecule has 30 heavy (non-hydrogen) atoms. The number of nitrogens with one attached hydrogen (secondary N) is 2. The van der Waals surface area contributed by atoms with Crippen molar-refractivity contribution < 1.29 is 14.3 Å². The molecule has 0 aliphatic heterocycles. The molecule has 3 aromatic rings. The number of rotatable bonds is 7. The smallest absolute Gasteiger partial charge is 0.271 e. The van der Waals surface area contributed by atoms with E-state index in [2.05, 4.69) is 15.6 Å². The summed E-state index contributed by atoms with van der Waals surface area (Å²) in [6, 6.07) is 12.9. The highest BCUT2D eigenvalue weighted by molar-refractivity contribution is 7.13. The lowest BCUT2D eigenvalue weighted by Gasteiger charge is -2.09. The Labute approximate surface area is 184 Å². The molecule has 0 saturated heterocycles. The number of aryl methyl sites for hydroxylation is 1. The number of carbonyl (C=O) groups excluding carboxylic acids is 2. The minimum Gasteiger partial charge on any atom is -0.491 e. The monoisotopic (exact) mass is 443 g/mol. The van der Waals surface area contributed by atoms with Crippen molar-refractivity contribution in [2.24, 2.45) is 0 Å². The van der Waals surface area contributed by atoms with Crippen molar-refractivity contribution in [3.8, 4) is 16.3 Å². The summed E-state index contributed by atoms with van der Waals surface area (Å²) in [6.07, 6.45) is 0.102. The Hall–Kier alpha value is -2.90. The molecule has 2 aromatic carbocycles. The molecule has 0 aliphatic rings. The Morgan fingerprint density at radius 2 is 1.90 bits per heavy atom. The molecular weight excluding hydrogens is 422 g/mol. The van der Waals surface area contributed by atoms with Crippen LogP contribution < -0.4 is 15.4 Å².